The van der Waals surface area contributed by atoms with Crippen molar-refractivity contribution in [2.75, 3.05) is 4.90 Å². The fraction of sp³-hybridized carbons (Fsp3) is 0.0222. The maximum Gasteiger partial charge on any atom is 0.394 e. The number of nitrogens with zero attached hydrogens (tertiary/aromatic N) is 5. The Morgan fingerprint density at radius 2 is 1.27 bits per heavy atom. The minimum Gasteiger partial charge on any atom is -0.448 e. The van der Waals surface area contributed by atoms with Crippen molar-refractivity contribution >= 4 is 39.0 Å². The molecule has 9 aromatic rings. The van der Waals surface area contributed by atoms with Gasteiger partial charge in [-0.05, 0) is 65.2 Å². The van der Waals surface area contributed by atoms with Crippen LogP contribution in [-0.2, 0) is 5.66 Å². The Labute approximate surface area is 292 Å². The Morgan fingerprint density at radius 3 is 2.18 bits per heavy atom. The van der Waals surface area contributed by atoms with Gasteiger partial charge in [-0.3, -0.25) is 0 Å². The maximum atomic E-state index is 6.78. The predicted molar refractivity (Wildman–Crippen MR) is 198 cm³/mol. The van der Waals surface area contributed by atoms with Crippen molar-refractivity contribution in [2.24, 2.45) is 0 Å². The SMILES string of the molecule is c1ccc(-c2ccc(-c3cn4[n+](c3)C35c6c(ccc7c6N(c6ccccc6O7)c6cccc[n+]63)-n3c6ccccc6c6ccc-4c5c63)cc2)cc1. The lowest BCUT2D eigenvalue weighted by Gasteiger charge is -2.39. The molecule has 4 aliphatic heterocycles. The molecule has 1 spiro atoms. The van der Waals surface area contributed by atoms with Crippen LogP contribution in [0.15, 0.2) is 164 Å². The molecule has 51 heavy (non-hydrogen) atoms. The highest BCUT2D eigenvalue weighted by Gasteiger charge is 2.70. The smallest absolute Gasteiger partial charge is 0.394 e. The van der Waals surface area contributed by atoms with Gasteiger partial charge >= 0.3 is 5.66 Å². The van der Waals surface area contributed by atoms with Gasteiger partial charge in [-0.2, -0.15) is 9.47 Å². The fourth-order valence-electron chi connectivity index (χ4n) is 9.52. The normalized spacial score (nSPS) is 16.4. The summed E-state index contributed by atoms with van der Waals surface area (Å²) < 4.78 is 16.6. The number of benzene rings is 6. The second kappa shape index (κ2) is 8.80. The van der Waals surface area contributed by atoms with Crippen LogP contribution in [0.25, 0.3) is 55.4 Å². The fourth-order valence-corrected chi connectivity index (χ4v) is 9.52. The molecule has 6 nitrogen and oxygen atoms in total. The highest BCUT2D eigenvalue weighted by molar-refractivity contribution is 6.13. The molecule has 236 valence electrons. The van der Waals surface area contributed by atoms with E-state index in [2.05, 4.69) is 182 Å². The molecule has 0 bridgehead atoms. The molecule has 0 saturated heterocycles. The van der Waals surface area contributed by atoms with Gasteiger partial charge in [0, 0.05) is 16.8 Å². The molecule has 0 N–H and O–H groups in total. The summed E-state index contributed by atoms with van der Waals surface area (Å²) in [6.07, 6.45) is 6.92. The van der Waals surface area contributed by atoms with Gasteiger partial charge in [0.25, 0.3) is 5.82 Å². The van der Waals surface area contributed by atoms with Gasteiger partial charge in [0.2, 0.25) is 6.20 Å². The molecular weight excluding hydrogens is 627 g/mol. The van der Waals surface area contributed by atoms with E-state index in [-0.39, 0.29) is 0 Å². The summed E-state index contributed by atoms with van der Waals surface area (Å²) in [4.78, 5) is 2.41. The summed E-state index contributed by atoms with van der Waals surface area (Å²) in [6.45, 7) is 0. The number of anilines is 3. The molecule has 1 atom stereocenters. The number of fused-ring (bicyclic) bond motifs is 10. The van der Waals surface area contributed by atoms with Gasteiger partial charge in [-0.15, -0.1) is 4.68 Å². The number of hydrogen-bond acceptors (Lipinski definition) is 2. The van der Waals surface area contributed by atoms with E-state index in [1.165, 1.54) is 55.3 Å². The van der Waals surface area contributed by atoms with Crippen LogP contribution in [0, 0.1) is 0 Å². The lowest BCUT2D eigenvalue weighted by Crippen LogP contribution is -2.77. The molecule has 4 aliphatic rings. The highest BCUT2D eigenvalue weighted by Crippen LogP contribution is 2.61. The van der Waals surface area contributed by atoms with E-state index in [1.807, 2.05) is 6.07 Å². The predicted octanol–water partition coefficient (Wildman–Crippen LogP) is 9.30. The Morgan fingerprint density at radius 1 is 0.529 bits per heavy atom. The third-order valence-corrected chi connectivity index (χ3v) is 11.5. The number of hydrogen-bond donors (Lipinski definition) is 0. The first-order valence-corrected chi connectivity index (χ1v) is 17.4. The average molecular weight is 654 g/mol. The van der Waals surface area contributed by atoms with Gasteiger partial charge in [0.05, 0.1) is 34.7 Å². The van der Waals surface area contributed by atoms with E-state index in [9.17, 15) is 0 Å². The first-order chi connectivity index (χ1) is 25.3. The van der Waals surface area contributed by atoms with E-state index in [1.54, 1.807) is 0 Å². The summed E-state index contributed by atoms with van der Waals surface area (Å²) in [5, 5.41) is 2.52. The van der Waals surface area contributed by atoms with Crippen molar-refractivity contribution < 1.29 is 14.0 Å². The van der Waals surface area contributed by atoms with Gasteiger partial charge in [-0.25, -0.2) is 0 Å². The molecular formula is C45H27N5O+2. The number of pyridine rings is 1. The molecule has 6 heteroatoms. The standard InChI is InChI=1S/C45H27N5O/c1-2-10-28(11-3-1)29-17-19-30(20-18-29)31-26-47-36-22-21-33-32-12-4-5-13-34(32)49-37-23-24-39-44-42(37)45(48(47)27-31,41(36)43(33)49)46-25-9-8-16-40(46)50(44)35-14-6-7-15-38(35)51-39/h1-27H/q+2. The van der Waals surface area contributed by atoms with Crippen molar-refractivity contribution in [3.63, 3.8) is 0 Å². The van der Waals surface area contributed by atoms with Crippen molar-refractivity contribution in [1.82, 2.24) is 9.25 Å². The Balaban J connectivity index is 1.17. The molecule has 1 unspecified atom stereocenters. The Hall–Kier alpha value is -6.92. The topological polar surface area (TPSA) is 30.1 Å². The second-order valence-electron chi connectivity index (χ2n) is 13.9. The van der Waals surface area contributed by atoms with Crippen molar-refractivity contribution in [3.8, 4) is 45.1 Å². The first kappa shape index (κ1) is 26.0. The van der Waals surface area contributed by atoms with Crippen molar-refractivity contribution in [2.45, 2.75) is 5.66 Å². The van der Waals surface area contributed by atoms with E-state index in [0.29, 0.717) is 0 Å². The molecule has 6 aromatic carbocycles. The largest absolute Gasteiger partial charge is 0.448 e. The molecule has 7 heterocycles. The summed E-state index contributed by atoms with van der Waals surface area (Å²) in [5.74, 6) is 2.80. The maximum absolute atomic E-state index is 6.78. The van der Waals surface area contributed by atoms with Gasteiger partial charge in [0.1, 0.15) is 11.3 Å². The zero-order valence-electron chi connectivity index (χ0n) is 27.2. The minimum absolute atomic E-state index is 0.731. The van der Waals surface area contributed by atoms with Crippen LogP contribution in [0.4, 0.5) is 17.2 Å². The van der Waals surface area contributed by atoms with Crippen LogP contribution in [-0.4, -0.2) is 9.25 Å². The van der Waals surface area contributed by atoms with Crippen LogP contribution >= 0.6 is 0 Å². The van der Waals surface area contributed by atoms with E-state index in [4.69, 9.17) is 4.74 Å². The van der Waals surface area contributed by atoms with E-state index < -0.39 is 5.66 Å². The molecule has 0 radical (unpaired) electrons. The van der Waals surface area contributed by atoms with Crippen LogP contribution in [0.5, 0.6) is 11.5 Å². The monoisotopic (exact) mass is 653 g/mol. The van der Waals surface area contributed by atoms with Crippen LogP contribution in [0.3, 0.4) is 0 Å². The van der Waals surface area contributed by atoms with E-state index in [0.717, 1.165) is 39.9 Å². The van der Waals surface area contributed by atoms with Gasteiger partial charge < -0.3 is 9.30 Å². The number of aromatic nitrogens is 4. The third kappa shape index (κ3) is 2.91. The first-order valence-electron chi connectivity index (χ1n) is 17.4. The number of ether oxygens (including phenoxy) is 1. The summed E-state index contributed by atoms with van der Waals surface area (Å²) in [5.41, 5.74) is 13.4. The van der Waals surface area contributed by atoms with Crippen LogP contribution in [0.1, 0.15) is 11.1 Å². The highest BCUT2D eigenvalue weighted by atomic mass is 16.5. The van der Waals surface area contributed by atoms with E-state index >= 15 is 0 Å². The van der Waals surface area contributed by atoms with Gasteiger partial charge in [-0.1, -0.05) is 95.7 Å². The van der Waals surface area contributed by atoms with Crippen LogP contribution < -0.4 is 18.9 Å². The third-order valence-electron chi connectivity index (χ3n) is 11.5. The van der Waals surface area contributed by atoms with Gasteiger partial charge in [0.15, 0.2) is 28.4 Å². The zero-order valence-corrected chi connectivity index (χ0v) is 27.2. The summed E-state index contributed by atoms with van der Waals surface area (Å²) in [7, 11) is 0. The average Bonchev–Trinajstić information content (AvgIpc) is 3.86. The lowest BCUT2D eigenvalue weighted by atomic mass is 9.81. The number of rotatable bonds is 2. The second-order valence-corrected chi connectivity index (χ2v) is 13.9. The molecule has 0 amide bonds. The van der Waals surface area contributed by atoms with Crippen molar-refractivity contribution in [3.05, 3.63) is 175 Å². The lowest BCUT2D eigenvalue weighted by molar-refractivity contribution is -0.991. The quantitative estimate of drug-likeness (QED) is 0.174. The summed E-state index contributed by atoms with van der Waals surface area (Å²) in [6, 6.07) is 52.4. The minimum atomic E-state index is -0.731. The molecule has 13 rings (SSSR count). The molecule has 3 aromatic heterocycles. The Kier molecular flexibility index (Phi) is 4.49. The van der Waals surface area contributed by atoms with Crippen molar-refractivity contribution in [1.29, 1.82) is 0 Å². The summed E-state index contributed by atoms with van der Waals surface area (Å²) >= 11 is 0. The number of para-hydroxylation sites is 3. The van der Waals surface area contributed by atoms with Crippen LogP contribution in [0.2, 0.25) is 0 Å². The molecule has 0 saturated carbocycles. The Bertz CT molecular complexity index is 3010. The molecule has 0 fully saturated rings. The zero-order chi connectivity index (χ0) is 33.0. The molecule has 0 aliphatic carbocycles.